The van der Waals surface area contributed by atoms with Gasteiger partial charge < -0.3 is 5.32 Å². The molecule has 3 aromatic rings. The molecule has 0 bridgehead atoms. The Hall–Kier alpha value is -2.01. The summed E-state index contributed by atoms with van der Waals surface area (Å²) in [4.78, 5) is 9.55. The van der Waals surface area contributed by atoms with Crippen LogP contribution in [0.25, 0.3) is 10.2 Å². The van der Waals surface area contributed by atoms with E-state index in [1.165, 1.54) is 6.07 Å². The minimum absolute atomic E-state index is 0.187. The molecule has 1 unspecified atom stereocenters. The number of nitrogens with zero attached hydrogens (tertiary/aromatic N) is 2. The zero-order chi connectivity index (χ0) is 14.8. The number of aryl methyl sites for hydroxylation is 1. The number of thiophene rings is 1. The Morgan fingerprint density at radius 2 is 2.14 bits per heavy atom. The number of aromatic nitrogens is 2. The van der Waals surface area contributed by atoms with Crippen LogP contribution >= 0.6 is 11.3 Å². The van der Waals surface area contributed by atoms with Gasteiger partial charge in [-0.05, 0) is 55.0 Å². The third-order valence-electron chi connectivity index (χ3n) is 3.48. The van der Waals surface area contributed by atoms with E-state index in [1.807, 2.05) is 24.4 Å². The zero-order valence-corrected chi connectivity index (χ0v) is 12.7. The fourth-order valence-corrected chi connectivity index (χ4v) is 3.14. The largest absolute Gasteiger partial charge is 0.367 e. The minimum Gasteiger partial charge on any atom is -0.367 e. The summed E-state index contributed by atoms with van der Waals surface area (Å²) in [5.41, 5.74) is 2.12. The molecule has 0 amide bonds. The lowest BCUT2D eigenvalue weighted by molar-refractivity contribution is 0.624. The van der Waals surface area contributed by atoms with Crippen molar-refractivity contribution in [1.29, 1.82) is 0 Å². The summed E-state index contributed by atoms with van der Waals surface area (Å²) in [6, 6.07) is 7.16. The van der Waals surface area contributed by atoms with E-state index >= 15 is 0 Å². The van der Waals surface area contributed by atoms with Gasteiger partial charge in [0.15, 0.2) is 0 Å². The van der Waals surface area contributed by atoms with Crippen LogP contribution in [0.5, 0.6) is 0 Å². The van der Waals surface area contributed by atoms with Gasteiger partial charge in [-0.15, -0.1) is 11.3 Å². The van der Waals surface area contributed by atoms with E-state index in [1.54, 1.807) is 23.7 Å². The number of benzene rings is 1. The van der Waals surface area contributed by atoms with Crippen molar-refractivity contribution in [1.82, 2.24) is 9.97 Å². The molecule has 3 rings (SSSR count). The quantitative estimate of drug-likeness (QED) is 0.785. The van der Waals surface area contributed by atoms with E-state index in [2.05, 4.69) is 22.2 Å². The number of anilines is 1. The highest BCUT2D eigenvalue weighted by molar-refractivity contribution is 7.16. The predicted octanol–water partition coefficient (Wildman–Crippen LogP) is 4.18. The van der Waals surface area contributed by atoms with Gasteiger partial charge in [0.1, 0.15) is 22.8 Å². The van der Waals surface area contributed by atoms with Gasteiger partial charge in [-0.25, -0.2) is 14.4 Å². The van der Waals surface area contributed by atoms with Crippen molar-refractivity contribution in [2.24, 2.45) is 0 Å². The molecular formula is C16H16FN3S. The first-order valence-electron chi connectivity index (χ1n) is 6.83. The van der Waals surface area contributed by atoms with Crippen LogP contribution in [0.2, 0.25) is 0 Å². The fourth-order valence-electron chi connectivity index (χ4n) is 2.41. The SMILES string of the molecule is Cc1cc(F)ccc1CC(C)Nc1ncnc2sccc12. The number of rotatable bonds is 4. The van der Waals surface area contributed by atoms with E-state index in [0.717, 1.165) is 33.6 Å². The Morgan fingerprint density at radius 1 is 1.29 bits per heavy atom. The van der Waals surface area contributed by atoms with Crippen molar-refractivity contribution in [2.75, 3.05) is 5.32 Å². The van der Waals surface area contributed by atoms with E-state index < -0.39 is 0 Å². The number of halogens is 1. The number of nitrogens with one attached hydrogen (secondary N) is 1. The van der Waals surface area contributed by atoms with Crippen molar-refractivity contribution in [3.63, 3.8) is 0 Å². The van der Waals surface area contributed by atoms with Crippen molar-refractivity contribution in [3.05, 3.63) is 52.9 Å². The van der Waals surface area contributed by atoms with E-state index in [9.17, 15) is 4.39 Å². The van der Waals surface area contributed by atoms with E-state index in [4.69, 9.17) is 0 Å². The van der Waals surface area contributed by atoms with Crippen LogP contribution in [-0.4, -0.2) is 16.0 Å². The predicted molar refractivity (Wildman–Crippen MR) is 85.3 cm³/mol. The molecule has 5 heteroatoms. The number of fused-ring (bicyclic) bond motifs is 1. The van der Waals surface area contributed by atoms with Gasteiger partial charge in [0.05, 0.1) is 5.39 Å². The zero-order valence-electron chi connectivity index (χ0n) is 11.9. The molecule has 0 aliphatic rings. The summed E-state index contributed by atoms with van der Waals surface area (Å²) >= 11 is 1.60. The van der Waals surface area contributed by atoms with Gasteiger partial charge in [0.25, 0.3) is 0 Å². The van der Waals surface area contributed by atoms with Crippen molar-refractivity contribution < 1.29 is 4.39 Å². The summed E-state index contributed by atoms with van der Waals surface area (Å²) in [6.45, 7) is 4.04. The second kappa shape index (κ2) is 5.77. The van der Waals surface area contributed by atoms with Gasteiger partial charge in [-0.3, -0.25) is 0 Å². The molecule has 1 atom stereocenters. The molecule has 0 fully saturated rings. The Kier molecular flexibility index (Phi) is 3.84. The van der Waals surface area contributed by atoms with Crippen LogP contribution in [0.1, 0.15) is 18.1 Å². The van der Waals surface area contributed by atoms with E-state index in [0.29, 0.717) is 0 Å². The molecule has 0 aliphatic carbocycles. The summed E-state index contributed by atoms with van der Waals surface area (Å²) < 4.78 is 13.1. The molecule has 0 aliphatic heterocycles. The monoisotopic (exact) mass is 301 g/mol. The van der Waals surface area contributed by atoms with Gasteiger partial charge in [-0.1, -0.05) is 6.07 Å². The highest BCUT2D eigenvalue weighted by Gasteiger charge is 2.10. The lowest BCUT2D eigenvalue weighted by Gasteiger charge is -2.16. The molecular weight excluding hydrogens is 285 g/mol. The fraction of sp³-hybridized carbons (Fsp3) is 0.250. The highest BCUT2D eigenvalue weighted by atomic mass is 32.1. The summed E-state index contributed by atoms with van der Waals surface area (Å²) in [5.74, 6) is 0.668. The molecule has 0 spiro atoms. The summed E-state index contributed by atoms with van der Waals surface area (Å²) in [7, 11) is 0. The van der Waals surface area contributed by atoms with E-state index in [-0.39, 0.29) is 11.9 Å². The van der Waals surface area contributed by atoms with Crippen molar-refractivity contribution in [2.45, 2.75) is 26.3 Å². The van der Waals surface area contributed by atoms with Crippen LogP contribution in [0.3, 0.4) is 0 Å². The first-order chi connectivity index (χ1) is 10.1. The lowest BCUT2D eigenvalue weighted by atomic mass is 10.0. The van der Waals surface area contributed by atoms with Crippen molar-refractivity contribution >= 4 is 27.4 Å². The maximum absolute atomic E-state index is 13.1. The molecule has 1 aromatic carbocycles. The van der Waals surface area contributed by atoms with Gasteiger partial charge in [-0.2, -0.15) is 0 Å². The Labute approximate surface area is 126 Å². The van der Waals surface area contributed by atoms with Gasteiger partial charge >= 0.3 is 0 Å². The molecule has 21 heavy (non-hydrogen) atoms. The molecule has 1 N–H and O–H groups in total. The summed E-state index contributed by atoms with van der Waals surface area (Å²) in [6.07, 6.45) is 2.40. The molecule has 2 heterocycles. The Morgan fingerprint density at radius 3 is 2.95 bits per heavy atom. The third-order valence-corrected chi connectivity index (χ3v) is 4.30. The molecule has 0 saturated heterocycles. The van der Waals surface area contributed by atoms with Gasteiger partial charge in [0.2, 0.25) is 0 Å². The molecule has 0 radical (unpaired) electrons. The second-order valence-corrected chi connectivity index (χ2v) is 6.08. The average Bonchev–Trinajstić information content (AvgIpc) is 2.91. The first-order valence-corrected chi connectivity index (χ1v) is 7.71. The Bertz CT molecular complexity index is 769. The topological polar surface area (TPSA) is 37.8 Å². The third kappa shape index (κ3) is 3.03. The lowest BCUT2D eigenvalue weighted by Crippen LogP contribution is -2.19. The highest BCUT2D eigenvalue weighted by Crippen LogP contribution is 2.24. The van der Waals surface area contributed by atoms with Crippen LogP contribution in [0, 0.1) is 12.7 Å². The number of hydrogen-bond acceptors (Lipinski definition) is 4. The first kappa shape index (κ1) is 13.9. The van der Waals surface area contributed by atoms with Crippen LogP contribution in [0.4, 0.5) is 10.2 Å². The summed E-state index contributed by atoms with van der Waals surface area (Å²) in [5, 5.41) is 6.48. The second-order valence-electron chi connectivity index (χ2n) is 5.18. The molecule has 2 aromatic heterocycles. The van der Waals surface area contributed by atoms with Crippen LogP contribution in [0.15, 0.2) is 36.0 Å². The van der Waals surface area contributed by atoms with Crippen molar-refractivity contribution in [3.8, 4) is 0 Å². The molecule has 108 valence electrons. The average molecular weight is 301 g/mol. The Balaban J connectivity index is 1.77. The van der Waals surface area contributed by atoms with Crippen LogP contribution < -0.4 is 5.32 Å². The smallest absolute Gasteiger partial charge is 0.138 e. The maximum atomic E-state index is 13.1. The molecule has 3 nitrogen and oxygen atoms in total. The molecule has 0 saturated carbocycles. The minimum atomic E-state index is -0.187. The van der Waals surface area contributed by atoms with Crippen LogP contribution in [-0.2, 0) is 6.42 Å². The van der Waals surface area contributed by atoms with Gasteiger partial charge in [0, 0.05) is 6.04 Å². The standard InChI is InChI=1S/C16H16FN3S/c1-10-7-13(17)4-3-12(10)8-11(2)20-15-14-5-6-21-16(14)19-9-18-15/h3-7,9,11H,8H2,1-2H3,(H,18,19,20). The maximum Gasteiger partial charge on any atom is 0.138 e. The normalized spacial score (nSPS) is 12.5. The number of hydrogen-bond donors (Lipinski definition) is 1.